The van der Waals surface area contributed by atoms with Crippen LogP contribution in [0.15, 0.2) is 29.4 Å². The van der Waals surface area contributed by atoms with Gasteiger partial charge in [0.2, 0.25) is 5.71 Å². The normalized spacial score (nSPS) is 18.0. The monoisotopic (exact) mass is 164 g/mol. The van der Waals surface area contributed by atoms with Crippen LogP contribution in [0, 0.1) is 10.1 Å². The van der Waals surface area contributed by atoms with Gasteiger partial charge in [-0.2, -0.15) is 4.79 Å². The zero-order valence-corrected chi connectivity index (χ0v) is 5.91. The van der Waals surface area contributed by atoms with E-state index in [0.717, 1.165) is 0 Å². The number of allylic oxidation sites excluding steroid dienone is 4. The zero-order chi connectivity index (χ0) is 8.97. The van der Waals surface area contributed by atoms with Crippen molar-refractivity contribution in [3.8, 4) is 0 Å². The molecule has 0 spiro atoms. The summed E-state index contributed by atoms with van der Waals surface area (Å²) in [7, 11) is 0. The molecule has 0 N–H and O–H groups in total. The van der Waals surface area contributed by atoms with Crippen LogP contribution in [0.3, 0.4) is 0 Å². The highest BCUT2D eigenvalue weighted by Crippen LogP contribution is 1.95. The molecule has 0 saturated carbocycles. The summed E-state index contributed by atoms with van der Waals surface area (Å²) < 4.78 is 0. The number of hydrogen-bond acceptors (Lipinski definition) is 2. The van der Waals surface area contributed by atoms with Crippen molar-refractivity contribution in [3.05, 3.63) is 39.9 Å². The summed E-state index contributed by atoms with van der Waals surface area (Å²) in [4.78, 5) is 12.8. The molecule has 12 heavy (non-hydrogen) atoms. The van der Waals surface area contributed by atoms with Crippen molar-refractivity contribution in [3.63, 3.8) is 0 Å². The first-order chi connectivity index (χ1) is 5.74. The average Bonchev–Trinajstić information content (AvgIpc) is 2.04. The Morgan fingerprint density at radius 1 is 1.50 bits per heavy atom. The first kappa shape index (κ1) is 8.03. The van der Waals surface area contributed by atoms with Crippen molar-refractivity contribution < 1.29 is 9.82 Å². The van der Waals surface area contributed by atoms with Gasteiger partial charge in [0.1, 0.15) is 0 Å². The van der Waals surface area contributed by atoms with E-state index in [1.165, 1.54) is 12.2 Å². The highest BCUT2D eigenvalue weighted by Gasteiger charge is 2.17. The summed E-state index contributed by atoms with van der Waals surface area (Å²) in [5.41, 5.74) is 8.48. The van der Waals surface area contributed by atoms with Crippen LogP contribution in [0.2, 0.25) is 0 Å². The lowest BCUT2D eigenvalue weighted by Gasteiger charge is -1.89. The number of nitro groups is 1. The van der Waals surface area contributed by atoms with E-state index in [4.69, 9.17) is 5.53 Å². The van der Waals surface area contributed by atoms with Gasteiger partial charge in [0.15, 0.2) is 5.03 Å². The van der Waals surface area contributed by atoms with Gasteiger partial charge in [-0.15, -0.1) is 0 Å². The lowest BCUT2D eigenvalue weighted by molar-refractivity contribution is -0.484. The molecule has 0 aromatic carbocycles. The molecule has 0 unspecified atom stereocenters. The molecule has 0 atom stereocenters. The Labute approximate surface area is 67.3 Å². The molecular weight excluding hydrogens is 160 g/mol. The molecule has 0 bridgehead atoms. The van der Waals surface area contributed by atoms with Gasteiger partial charge in [-0.05, 0) is 6.08 Å². The molecule has 6 nitrogen and oxygen atoms in total. The smallest absolute Gasteiger partial charge is 0.347 e. The zero-order valence-electron chi connectivity index (χ0n) is 5.91. The van der Waals surface area contributed by atoms with Crippen LogP contribution in [-0.2, 0) is 0 Å². The third-order valence-corrected chi connectivity index (χ3v) is 1.18. The summed E-state index contributed by atoms with van der Waals surface area (Å²) in [5.74, 6) is 0. The van der Waals surface area contributed by atoms with Gasteiger partial charge >= 0.3 is 5.71 Å². The fourth-order valence-corrected chi connectivity index (χ4v) is 0.721. The maximum atomic E-state index is 9.95. The second-order valence-corrected chi connectivity index (χ2v) is 1.93. The van der Waals surface area contributed by atoms with E-state index in [2.05, 4.69) is 9.89 Å². The van der Waals surface area contributed by atoms with Crippen molar-refractivity contribution in [2.75, 3.05) is 0 Å². The van der Waals surface area contributed by atoms with Gasteiger partial charge in [-0.3, -0.25) is 0 Å². The third kappa shape index (κ3) is 1.71. The van der Waals surface area contributed by atoms with Crippen molar-refractivity contribution in [1.82, 2.24) is 0 Å². The van der Waals surface area contributed by atoms with Crippen LogP contribution >= 0.6 is 0 Å². The van der Waals surface area contributed by atoms with E-state index in [1.807, 2.05) is 0 Å². The van der Waals surface area contributed by atoms with Crippen molar-refractivity contribution in [2.24, 2.45) is 5.10 Å². The standard InChI is InChI=1S/C6H4N4O2/c7-8-5-3-1-2-4-6(5)9-10(11)12/h1-4H/b9-6+. The minimum absolute atomic E-state index is 0.0324. The lowest BCUT2D eigenvalue weighted by atomic mass is 10.1. The molecule has 6 heteroatoms. The number of nitrogens with zero attached hydrogens (tertiary/aromatic N) is 4. The second kappa shape index (κ2) is 3.36. The fourth-order valence-electron chi connectivity index (χ4n) is 0.721. The van der Waals surface area contributed by atoms with E-state index in [1.54, 1.807) is 12.2 Å². The summed E-state index contributed by atoms with van der Waals surface area (Å²) in [6.07, 6.45) is 5.96. The van der Waals surface area contributed by atoms with Crippen LogP contribution in [-0.4, -0.2) is 21.2 Å². The molecule has 1 rings (SSSR count). The molecule has 1 aliphatic carbocycles. The molecule has 0 aromatic rings. The molecule has 0 aromatic heterocycles. The molecule has 0 saturated heterocycles. The number of rotatable bonds is 1. The maximum absolute atomic E-state index is 9.95. The van der Waals surface area contributed by atoms with Crippen LogP contribution in [0.25, 0.3) is 5.53 Å². The largest absolute Gasteiger partial charge is 0.361 e. The molecular formula is C6H4N4O2. The number of hydrogen-bond donors (Lipinski definition) is 0. The SMILES string of the molecule is [N-]=[N+]=C1C=CC=C/C1=N\[N+](=O)[O-]. The van der Waals surface area contributed by atoms with Gasteiger partial charge in [-0.25, -0.2) is 10.1 Å². The summed E-state index contributed by atoms with van der Waals surface area (Å²) in [6, 6.07) is 0. The predicted octanol–water partition coefficient (Wildman–Crippen LogP) is 0.416. The van der Waals surface area contributed by atoms with Crippen molar-refractivity contribution in [1.29, 1.82) is 0 Å². The van der Waals surface area contributed by atoms with E-state index in [-0.39, 0.29) is 11.4 Å². The van der Waals surface area contributed by atoms with E-state index in [9.17, 15) is 10.1 Å². The molecule has 1 aliphatic rings. The summed E-state index contributed by atoms with van der Waals surface area (Å²) in [6.45, 7) is 0. The quantitative estimate of drug-likeness (QED) is 0.184. The maximum Gasteiger partial charge on any atom is 0.347 e. The Morgan fingerprint density at radius 3 is 2.75 bits per heavy atom. The van der Waals surface area contributed by atoms with Gasteiger partial charge in [0.25, 0.3) is 0 Å². The van der Waals surface area contributed by atoms with Crippen LogP contribution < -0.4 is 0 Å². The van der Waals surface area contributed by atoms with Gasteiger partial charge in [0.05, 0.1) is 5.10 Å². The van der Waals surface area contributed by atoms with E-state index >= 15 is 0 Å². The Balaban J connectivity index is 3.06. The van der Waals surface area contributed by atoms with Gasteiger partial charge in [-0.1, -0.05) is 12.2 Å². The average molecular weight is 164 g/mol. The first-order valence-electron chi connectivity index (χ1n) is 3.04. The third-order valence-electron chi connectivity index (χ3n) is 1.18. The van der Waals surface area contributed by atoms with E-state index < -0.39 is 5.03 Å². The van der Waals surface area contributed by atoms with Gasteiger partial charge < -0.3 is 5.53 Å². The first-order valence-corrected chi connectivity index (χ1v) is 3.04. The summed E-state index contributed by atoms with van der Waals surface area (Å²) in [5, 5.41) is 12.1. The fraction of sp³-hybridized carbons (Fsp3) is 0. The van der Waals surface area contributed by atoms with Gasteiger partial charge in [0, 0.05) is 6.08 Å². The van der Waals surface area contributed by atoms with E-state index in [0.29, 0.717) is 0 Å². The number of hydrazone groups is 1. The Kier molecular flexibility index (Phi) is 2.25. The highest BCUT2D eigenvalue weighted by molar-refractivity contribution is 6.48. The molecule has 60 valence electrons. The predicted molar refractivity (Wildman–Crippen MR) is 41.3 cm³/mol. The van der Waals surface area contributed by atoms with Crippen molar-refractivity contribution in [2.45, 2.75) is 0 Å². The molecule has 0 amide bonds. The molecule has 0 aliphatic heterocycles. The Hall–Kier alpha value is -2.07. The lowest BCUT2D eigenvalue weighted by Crippen LogP contribution is -2.14. The highest BCUT2D eigenvalue weighted by atomic mass is 16.7. The second-order valence-electron chi connectivity index (χ2n) is 1.93. The minimum atomic E-state index is -0.843. The minimum Gasteiger partial charge on any atom is -0.361 e. The van der Waals surface area contributed by atoms with Crippen LogP contribution in [0.5, 0.6) is 0 Å². The molecule has 0 radical (unpaired) electrons. The van der Waals surface area contributed by atoms with Crippen LogP contribution in [0.1, 0.15) is 0 Å². The molecule has 0 heterocycles. The van der Waals surface area contributed by atoms with Crippen LogP contribution in [0.4, 0.5) is 0 Å². The topological polar surface area (TPSA) is 91.9 Å². The Bertz CT molecular complexity index is 347. The molecule has 0 fully saturated rings. The van der Waals surface area contributed by atoms with Crippen molar-refractivity contribution >= 4 is 11.4 Å². The Morgan fingerprint density at radius 2 is 2.17 bits per heavy atom. The summed E-state index contributed by atoms with van der Waals surface area (Å²) >= 11 is 0.